The number of nitrogens with one attached hydrogen (secondary N) is 2. The molecule has 0 saturated carbocycles. The Kier molecular flexibility index (Phi) is 7.39. The minimum atomic E-state index is -3.95. The molecule has 0 fully saturated rings. The third-order valence-corrected chi connectivity index (χ3v) is 7.98. The van der Waals surface area contributed by atoms with E-state index in [1.807, 2.05) is 0 Å². The fourth-order valence-corrected chi connectivity index (χ4v) is 5.29. The summed E-state index contributed by atoms with van der Waals surface area (Å²) in [6, 6.07) is 18.5. The number of methoxy groups -OCH3 is 1. The number of sulfonamides is 1. The molecule has 3 rings (SSSR count). The molecule has 0 saturated heterocycles. The monoisotopic (exact) mass is 488 g/mol. The molecule has 0 radical (unpaired) electrons. The molecular weight excluding hydrogens is 464 g/mol. The maximum Gasteiger partial charge on any atom is 0.261 e. The van der Waals surface area contributed by atoms with Crippen molar-refractivity contribution in [2.75, 3.05) is 24.1 Å². The van der Waals surface area contributed by atoms with Crippen LogP contribution in [0.3, 0.4) is 0 Å². The van der Waals surface area contributed by atoms with Gasteiger partial charge >= 0.3 is 0 Å². The minimum Gasteiger partial charge on any atom is -0.497 e. The van der Waals surface area contributed by atoms with Crippen molar-refractivity contribution in [1.82, 2.24) is 5.32 Å². The van der Waals surface area contributed by atoms with Crippen molar-refractivity contribution in [1.29, 1.82) is 0 Å². The van der Waals surface area contributed by atoms with Gasteiger partial charge in [0, 0.05) is 17.8 Å². The van der Waals surface area contributed by atoms with Crippen LogP contribution in [0.1, 0.15) is 15.9 Å². The maximum absolute atomic E-state index is 12.8. The van der Waals surface area contributed by atoms with Gasteiger partial charge in [-0.1, -0.05) is 24.3 Å². The van der Waals surface area contributed by atoms with E-state index in [2.05, 4.69) is 10.0 Å². The normalized spacial score (nSPS) is 11.6. The van der Waals surface area contributed by atoms with Gasteiger partial charge in [-0.05, 0) is 61.0 Å². The van der Waals surface area contributed by atoms with Gasteiger partial charge in [-0.25, -0.2) is 16.8 Å². The number of benzene rings is 3. The first kappa shape index (κ1) is 24.3. The molecule has 0 unspecified atom stereocenters. The molecule has 1 amide bonds. The predicted octanol–water partition coefficient (Wildman–Crippen LogP) is 3.01. The summed E-state index contributed by atoms with van der Waals surface area (Å²) in [6.45, 7) is 1.56. The van der Waals surface area contributed by atoms with Crippen LogP contribution in [-0.4, -0.2) is 42.2 Å². The lowest BCUT2D eigenvalue weighted by atomic mass is 10.1. The SMILES string of the molecule is COc1ccc(NS(=O)(=O)c2ccc(C)c(C(=O)NCCS(=O)(=O)c3ccccc3)c2)cc1. The van der Waals surface area contributed by atoms with Crippen molar-refractivity contribution >= 4 is 31.5 Å². The summed E-state index contributed by atoms with van der Waals surface area (Å²) >= 11 is 0. The molecule has 33 heavy (non-hydrogen) atoms. The van der Waals surface area contributed by atoms with Crippen molar-refractivity contribution in [3.8, 4) is 5.75 Å². The first-order chi connectivity index (χ1) is 15.6. The van der Waals surface area contributed by atoms with Gasteiger partial charge in [-0.15, -0.1) is 0 Å². The molecule has 0 atom stereocenters. The number of carbonyl (C=O) groups excluding carboxylic acids is 1. The molecule has 3 aromatic carbocycles. The lowest BCUT2D eigenvalue weighted by Gasteiger charge is -2.12. The van der Waals surface area contributed by atoms with Crippen molar-refractivity contribution < 1.29 is 26.4 Å². The lowest BCUT2D eigenvalue weighted by molar-refractivity contribution is 0.0955. The number of amides is 1. The maximum atomic E-state index is 12.8. The summed E-state index contributed by atoms with van der Waals surface area (Å²) in [5.41, 5.74) is 1.04. The largest absolute Gasteiger partial charge is 0.497 e. The summed E-state index contributed by atoms with van der Waals surface area (Å²) in [5.74, 6) is -0.252. The van der Waals surface area contributed by atoms with Crippen LogP contribution in [0.2, 0.25) is 0 Å². The highest BCUT2D eigenvalue weighted by Gasteiger charge is 2.19. The van der Waals surface area contributed by atoms with Gasteiger partial charge in [0.15, 0.2) is 9.84 Å². The Morgan fingerprint density at radius 2 is 1.55 bits per heavy atom. The van der Waals surface area contributed by atoms with Gasteiger partial charge in [-0.3, -0.25) is 9.52 Å². The third-order valence-electron chi connectivity index (χ3n) is 4.86. The Labute approximate surface area is 193 Å². The second-order valence-corrected chi connectivity index (χ2v) is 11.0. The van der Waals surface area contributed by atoms with Gasteiger partial charge in [-0.2, -0.15) is 0 Å². The average Bonchev–Trinajstić information content (AvgIpc) is 2.80. The number of sulfone groups is 1. The van der Waals surface area contributed by atoms with Gasteiger partial charge in [0.2, 0.25) is 0 Å². The molecule has 3 aromatic rings. The fraction of sp³-hybridized carbons (Fsp3) is 0.174. The van der Waals surface area contributed by atoms with E-state index in [1.165, 1.54) is 37.4 Å². The van der Waals surface area contributed by atoms with E-state index in [0.29, 0.717) is 17.0 Å². The topological polar surface area (TPSA) is 119 Å². The summed E-state index contributed by atoms with van der Waals surface area (Å²) in [7, 11) is -5.99. The number of hydrogen-bond acceptors (Lipinski definition) is 6. The number of hydrogen-bond donors (Lipinski definition) is 2. The molecular formula is C23H24N2O6S2. The minimum absolute atomic E-state index is 0.0917. The van der Waals surface area contributed by atoms with Crippen LogP contribution in [-0.2, 0) is 19.9 Å². The molecule has 0 aromatic heterocycles. The van der Waals surface area contributed by atoms with E-state index < -0.39 is 25.8 Å². The van der Waals surface area contributed by atoms with E-state index in [0.717, 1.165) is 0 Å². The number of carbonyl (C=O) groups is 1. The second-order valence-electron chi connectivity index (χ2n) is 7.20. The summed E-state index contributed by atoms with van der Waals surface area (Å²) in [6.07, 6.45) is 0. The molecule has 0 aliphatic rings. The highest BCUT2D eigenvalue weighted by Crippen LogP contribution is 2.21. The zero-order chi connectivity index (χ0) is 24.1. The molecule has 0 aliphatic carbocycles. The van der Waals surface area contributed by atoms with E-state index in [4.69, 9.17) is 4.74 Å². The second kappa shape index (κ2) is 10.1. The van der Waals surface area contributed by atoms with Crippen molar-refractivity contribution in [3.63, 3.8) is 0 Å². The molecule has 10 heteroatoms. The van der Waals surface area contributed by atoms with Crippen molar-refractivity contribution in [2.45, 2.75) is 16.7 Å². The first-order valence-corrected chi connectivity index (χ1v) is 13.1. The number of aryl methyl sites for hydroxylation is 1. The van der Waals surface area contributed by atoms with Crippen molar-refractivity contribution in [3.05, 3.63) is 83.9 Å². The van der Waals surface area contributed by atoms with Gasteiger partial charge in [0.1, 0.15) is 5.75 Å². The van der Waals surface area contributed by atoms with Gasteiger partial charge < -0.3 is 10.1 Å². The zero-order valence-electron chi connectivity index (χ0n) is 18.1. The highest BCUT2D eigenvalue weighted by molar-refractivity contribution is 7.92. The van der Waals surface area contributed by atoms with E-state index in [9.17, 15) is 21.6 Å². The number of anilines is 1. The quantitative estimate of drug-likeness (QED) is 0.478. The highest BCUT2D eigenvalue weighted by atomic mass is 32.2. The summed E-state index contributed by atoms with van der Waals surface area (Å²) in [4.78, 5) is 12.7. The van der Waals surface area contributed by atoms with Crippen LogP contribution >= 0.6 is 0 Å². The van der Waals surface area contributed by atoms with Crippen molar-refractivity contribution in [2.24, 2.45) is 0 Å². The fourth-order valence-electron chi connectivity index (χ4n) is 3.03. The Hall–Kier alpha value is -3.37. The molecule has 0 aliphatic heterocycles. The van der Waals surface area contributed by atoms with Crippen LogP contribution < -0.4 is 14.8 Å². The molecule has 0 spiro atoms. The van der Waals surface area contributed by atoms with E-state index >= 15 is 0 Å². The number of rotatable bonds is 9. The summed E-state index contributed by atoms with van der Waals surface area (Å²) < 4.78 is 57.8. The first-order valence-electron chi connectivity index (χ1n) is 9.96. The lowest BCUT2D eigenvalue weighted by Crippen LogP contribution is -2.30. The zero-order valence-corrected chi connectivity index (χ0v) is 19.7. The predicted molar refractivity (Wildman–Crippen MR) is 126 cm³/mol. The standard InChI is InChI=1S/C23H24N2O6S2/c1-17-8-13-21(33(29,30)25-18-9-11-19(31-2)12-10-18)16-22(17)23(26)24-14-15-32(27,28)20-6-4-3-5-7-20/h3-13,16,25H,14-15H2,1-2H3,(H,24,26). The smallest absolute Gasteiger partial charge is 0.261 e. The van der Waals surface area contributed by atoms with Crippen LogP contribution in [0.5, 0.6) is 5.75 Å². The van der Waals surface area contributed by atoms with Crippen LogP contribution in [0.15, 0.2) is 82.6 Å². The molecule has 174 valence electrons. The average molecular weight is 489 g/mol. The van der Waals surface area contributed by atoms with Crippen LogP contribution in [0.25, 0.3) is 0 Å². The van der Waals surface area contributed by atoms with E-state index in [1.54, 1.807) is 49.4 Å². The summed E-state index contributed by atoms with van der Waals surface area (Å²) in [5, 5.41) is 2.56. The van der Waals surface area contributed by atoms with Gasteiger partial charge in [0.25, 0.3) is 15.9 Å². The van der Waals surface area contributed by atoms with E-state index in [-0.39, 0.29) is 27.7 Å². The third kappa shape index (κ3) is 6.11. The molecule has 2 N–H and O–H groups in total. The Morgan fingerprint density at radius 3 is 2.18 bits per heavy atom. The van der Waals surface area contributed by atoms with Crippen LogP contribution in [0, 0.1) is 6.92 Å². The molecule has 0 heterocycles. The Morgan fingerprint density at radius 1 is 0.879 bits per heavy atom. The Balaban J connectivity index is 1.71. The van der Waals surface area contributed by atoms with Gasteiger partial charge in [0.05, 0.1) is 22.7 Å². The molecule has 8 nitrogen and oxygen atoms in total. The Bertz CT molecular complexity index is 1340. The van der Waals surface area contributed by atoms with Crippen LogP contribution in [0.4, 0.5) is 5.69 Å². The molecule has 0 bridgehead atoms. The number of ether oxygens (including phenoxy) is 1.